The van der Waals surface area contributed by atoms with Gasteiger partial charge in [0, 0.05) is 6.42 Å². The van der Waals surface area contributed by atoms with Gasteiger partial charge in [0.15, 0.2) is 0 Å². The fourth-order valence-electron chi connectivity index (χ4n) is 2.54. The van der Waals surface area contributed by atoms with Crippen molar-refractivity contribution in [3.63, 3.8) is 0 Å². The molecule has 0 aliphatic heterocycles. The highest BCUT2D eigenvalue weighted by Gasteiger charge is 2.00. The van der Waals surface area contributed by atoms with E-state index in [1.807, 2.05) is 70.2 Å². The summed E-state index contributed by atoms with van der Waals surface area (Å²) in [6.07, 6.45) is 15.6. The van der Waals surface area contributed by atoms with Crippen LogP contribution in [-0.4, -0.2) is 12.4 Å². The van der Waals surface area contributed by atoms with Crippen LogP contribution < -0.4 is 4.74 Å². The summed E-state index contributed by atoms with van der Waals surface area (Å²) in [5.74, 6) is 1.07. The normalized spacial score (nSPS) is 10.5. The molecule has 1 aromatic carbocycles. The first kappa shape index (κ1) is 29.1. The Labute approximate surface area is 180 Å². The summed E-state index contributed by atoms with van der Waals surface area (Å²) in [7, 11) is 0. The number of hydrogen-bond acceptors (Lipinski definition) is 2. The molecule has 1 aromatic rings. The number of ketones is 1. The van der Waals surface area contributed by atoms with E-state index in [0.717, 1.165) is 29.9 Å². The summed E-state index contributed by atoms with van der Waals surface area (Å²) >= 11 is 0. The van der Waals surface area contributed by atoms with Gasteiger partial charge in [-0.05, 0) is 36.6 Å². The molecule has 0 aliphatic rings. The van der Waals surface area contributed by atoms with Crippen molar-refractivity contribution in [2.45, 2.75) is 86.5 Å². The molecule has 29 heavy (non-hydrogen) atoms. The topological polar surface area (TPSA) is 26.3 Å². The molecule has 0 fully saturated rings. The van der Waals surface area contributed by atoms with Crippen LogP contribution in [0.3, 0.4) is 0 Å². The molecular weight excluding hydrogens is 356 g/mol. The molecule has 0 N–H and O–H groups in total. The second-order valence-corrected chi connectivity index (χ2v) is 6.31. The molecular formula is C27H44O2. The maximum atomic E-state index is 11.1. The summed E-state index contributed by atoms with van der Waals surface area (Å²) in [6.45, 7) is 16.4. The number of carbonyl (C=O) groups is 1. The van der Waals surface area contributed by atoms with E-state index in [1.54, 1.807) is 13.0 Å². The smallest absolute Gasteiger partial charge is 0.133 e. The Kier molecular flexibility index (Phi) is 22.3. The Bertz CT molecular complexity index is 565. The quantitative estimate of drug-likeness (QED) is 0.245. The zero-order chi connectivity index (χ0) is 22.3. The van der Waals surface area contributed by atoms with Gasteiger partial charge in [-0.15, -0.1) is 0 Å². The number of allylic oxidation sites excluding steroid dienone is 5. The summed E-state index contributed by atoms with van der Waals surface area (Å²) in [4.78, 5) is 11.1. The van der Waals surface area contributed by atoms with Crippen molar-refractivity contribution >= 4 is 11.4 Å². The third kappa shape index (κ3) is 16.6. The van der Waals surface area contributed by atoms with E-state index in [-0.39, 0.29) is 5.78 Å². The number of unbranched alkanes of at least 4 members (excludes halogenated alkanes) is 5. The lowest BCUT2D eigenvalue weighted by Gasteiger charge is -2.08. The van der Waals surface area contributed by atoms with Crippen molar-refractivity contribution in [3.8, 4) is 5.75 Å². The Morgan fingerprint density at radius 3 is 2.10 bits per heavy atom. The third-order valence-corrected chi connectivity index (χ3v) is 3.95. The molecule has 0 spiro atoms. The Morgan fingerprint density at radius 1 is 0.966 bits per heavy atom. The van der Waals surface area contributed by atoms with Gasteiger partial charge in [0.2, 0.25) is 0 Å². The molecule has 0 bridgehead atoms. The van der Waals surface area contributed by atoms with E-state index in [1.165, 1.54) is 32.1 Å². The van der Waals surface area contributed by atoms with Crippen molar-refractivity contribution in [1.29, 1.82) is 0 Å². The number of rotatable bonds is 13. The molecule has 2 heteroatoms. The van der Waals surface area contributed by atoms with Crippen LogP contribution in [0, 0.1) is 0 Å². The molecule has 0 heterocycles. The Balaban J connectivity index is 0. The van der Waals surface area contributed by atoms with E-state index in [4.69, 9.17) is 4.74 Å². The van der Waals surface area contributed by atoms with Crippen molar-refractivity contribution in [2.24, 2.45) is 0 Å². The van der Waals surface area contributed by atoms with E-state index in [0.29, 0.717) is 6.42 Å². The highest BCUT2D eigenvalue weighted by atomic mass is 16.5. The van der Waals surface area contributed by atoms with Gasteiger partial charge in [-0.3, -0.25) is 4.79 Å². The molecule has 0 aliphatic carbocycles. The van der Waals surface area contributed by atoms with Crippen LogP contribution in [-0.2, 0) is 4.79 Å². The van der Waals surface area contributed by atoms with Crippen molar-refractivity contribution in [1.82, 2.24) is 0 Å². The van der Waals surface area contributed by atoms with E-state index >= 15 is 0 Å². The summed E-state index contributed by atoms with van der Waals surface area (Å²) in [5, 5.41) is 0. The minimum absolute atomic E-state index is 0.160. The predicted octanol–water partition coefficient (Wildman–Crippen LogP) is 8.58. The number of Topliss-reactive ketones (excluding diaryl/α,β-unsaturated/α-hetero) is 1. The maximum absolute atomic E-state index is 11.1. The number of carbonyl (C=O) groups excluding carboxylic acids is 1. The highest BCUT2D eigenvalue weighted by molar-refractivity contribution is 5.79. The average molecular weight is 401 g/mol. The van der Waals surface area contributed by atoms with E-state index < -0.39 is 0 Å². The fraction of sp³-hybridized carbons (Fsp3) is 0.519. The van der Waals surface area contributed by atoms with Gasteiger partial charge in [0.05, 0.1) is 6.61 Å². The van der Waals surface area contributed by atoms with Gasteiger partial charge in [-0.1, -0.05) is 110 Å². The van der Waals surface area contributed by atoms with Crippen LogP contribution in [0.25, 0.3) is 5.57 Å². The zero-order valence-corrected chi connectivity index (χ0v) is 19.8. The second kappa shape index (κ2) is 22.2. The summed E-state index contributed by atoms with van der Waals surface area (Å²) in [6, 6.07) is 8.10. The molecule has 0 radical (unpaired) electrons. The second-order valence-electron chi connectivity index (χ2n) is 6.31. The molecule has 1 rings (SSSR count). The molecule has 164 valence electrons. The first-order valence-electron chi connectivity index (χ1n) is 11.4. The lowest BCUT2D eigenvalue weighted by molar-refractivity contribution is -0.116. The first-order chi connectivity index (χ1) is 14.2. The molecule has 0 saturated heterocycles. The lowest BCUT2D eigenvalue weighted by Crippen LogP contribution is -1.97. The molecule has 2 nitrogen and oxygen atoms in total. The van der Waals surface area contributed by atoms with Crippen LogP contribution in [0.5, 0.6) is 5.75 Å². The zero-order valence-electron chi connectivity index (χ0n) is 19.8. The van der Waals surface area contributed by atoms with E-state index in [9.17, 15) is 4.79 Å². The van der Waals surface area contributed by atoms with E-state index in [2.05, 4.69) is 13.5 Å². The Hall–Kier alpha value is -2.09. The van der Waals surface area contributed by atoms with Crippen molar-refractivity contribution in [2.75, 3.05) is 6.61 Å². The predicted molar refractivity (Wildman–Crippen MR) is 131 cm³/mol. The third-order valence-electron chi connectivity index (χ3n) is 3.95. The molecule has 0 unspecified atom stereocenters. The highest BCUT2D eigenvalue weighted by Crippen LogP contribution is 2.20. The van der Waals surface area contributed by atoms with Gasteiger partial charge in [-0.25, -0.2) is 0 Å². The van der Waals surface area contributed by atoms with Crippen molar-refractivity contribution < 1.29 is 9.53 Å². The molecule has 0 atom stereocenters. The van der Waals surface area contributed by atoms with Gasteiger partial charge in [-0.2, -0.15) is 0 Å². The van der Waals surface area contributed by atoms with Gasteiger partial charge in [0.25, 0.3) is 0 Å². The number of benzene rings is 1. The molecule has 0 aromatic heterocycles. The number of hydrogen-bond donors (Lipinski definition) is 0. The first-order valence-corrected chi connectivity index (χ1v) is 11.4. The molecule has 0 amide bonds. The SMILES string of the molecule is C=C/C=C(\C=C/CC(C)=O)c1ccc(OCCCCCCCC)cc1.CC.CC. The van der Waals surface area contributed by atoms with Gasteiger partial charge >= 0.3 is 0 Å². The average Bonchev–Trinajstić information content (AvgIpc) is 2.75. The summed E-state index contributed by atoms with van der Waals surface area (Å²) in [5.41, 5.74) is 2.13. The van der Waals surface area contributed by atoms with Crippen LogP contribution in [0.15, 0.2) is 55.1 Å². The lowest BCUT2D eigenvalue weighted by atomic mass is 10.0. The van der Waals surface area contributed by atoms with Crippen molar-refractivity contribution in [3.05, 3.63) is 60.7 Å². The maximum Gasteiger partial charge on any atom is 0.133 e. The summed E-state index contributed by atoms with van der Waals surface area (Å²) < 4.78 is 5.82. The molecule has 0 saturated carbocycles. The van der Waals surface area contributed by atoms with Gasteiger partial charge < -0.3 is 4.74 Å². The van der Waals surface area contributed by atoms with Crippen LogP contribution in [0.1, 0.15) is 92.1 Å². The minimum atomic E-state index is 0.160. The largest absolute Gasteiger partial charge is 0.494 e. The number of ether oxygens (including phenoxy) is 1. The Morgan fingerprint density at radius 2 is 1.55 bits per heavy atom. The monoisotopic (exact) mass is 400 g/mol. The van der Waals surface area contributed by atoms with Crippen LogP contribution in [0.4, 0.5) is 0 Å². The fourth-order valence-corrected chi connectivity index (χ4v) is 2.54. The standard InChI is InChI=1S/C23H32O2.2C2H6/c1-4-6-7-8-9-10-19-25-23-17-15-22(16-18-23)21(12-5-2)14-11-13-20(3)24;2*1-2/h5,11-12,14-18H,2,4,6-10,13,19H2,1,3H3;2*1-2H3/b14-11-,21-12+;;. The van der Waals surface area contributed by atoms with Crippen LogP contribution in [0.2, 0.25) is 0 Å². The minimum Gasteiger partial charge on any atom is -0.494 e. The van der Waals surface area contributed by atoms with Crippen LogP contribution >= 0.6 is 0 Å². The van der Waals surface area contributed by atoms with Gasteiger partial charge in [0.1, 0.15) is 11.5 Å².